The first-order valence-corrected chi connectivity index (χ1v) is 12.0. The number of halogens is 3. The van der Waals surface area contributed by atoms with E-state index in [0.29, 0.717) is 37.9 Å². The highest BCUT2D eigenvalue weighted by Crippen LogP contribution is 2.57. The van der Waals surface area contributed by atoms with Crippen LogP contribution in [0, 0.1) is 23.2 Å². The Morgan fingerprint density at radius 3 is 2.68 bits per heavy atom. The van der Waals surface area contributed by atoms with E-state index in [1.54, 1.807) is 0 Å². The molecule has 4 heterocycles. The van der Waals surface area contributed by atoms with Crippen LogP contribution in [0.2, 0.25) is 0 Å². The van der Waals surface area contributed by atoms with Gasteiger partial charge in [0.2, 0.25) is 5.91 Å². The van der Waals surface area contributed by atoms with Gasteiger partial charge in [-0.15, -0.1) is 0 Å². The van der Waals surface area contributed by atoms with Crippen molar-refractivity contribution in [2.24, 2.45) is 23.2 Å². The number of benzene rings is 1. The number of amides is 1. The fraction of sp³-hybridized carbons (Fsp3) is 0.625. The predicted octanol–water partition coefficient (Wildman–Crippen LogP) is 2.61. The van der Waals surface area contributed by atoms with Gasteiger partial charge in [-0.2, -0.15) is 13.2 Å². The van der Waals surface area contributed by atoms with Gasteiger partial charge in [-0.05, 0) is 37.9 Å². The molecule has 6 rings (SSSR count). The minimum Gasteiger partial charge on any atom is -0.381 e. The van der Waals surface area contributed by atoms with Crippen LogP contribution in [-0.2, 0) is 15.7 Å². The topological polar surface area (TPSA) is 79.4 Å². The van der Waals surface area contributed by atoms with Crippen molar-refractivity contribution in [3.05, 3.63) is 30.1 Å². The average molecular weight is 476 g/mol. The standard InChI is InChI=1S/C24H28F3N5O2/c25-24(26,27)16-1-2-18(21-20(16)29-7-8-30-21)32-10-17(23(13-32)4-5-23)22(33)31-19-14-3-6-28-9-15(19)12-34-11-14/h1-2,7-8,14-15,17,19,28H,3-6,9-13H2,(H,31,33). The molecule has 1 aliphatic carbocycles. The molecule has 4 aliphatic rings. The number of carbonyl (C=O) groups excluding carboxylic acids is 1. The Morgan fingerprint density at radius 2 is 1.91 bits per heavy atom. The summed E-state index contributed by atoms with van der Waals surface area (Å²) in [5.74, 6) is 0.428. The Balaban J connectivity index is 1.26. The average Bonchev–Trinajstić information content (AvgIpc) is 3.49. The molecule has 34 heavy (non-hydrogen) atoms. The number of carbonyl (C=O) groups is 1. The van der Waals surface area contributed by atoms with E-state index >= 15 is 0 Å². The van der Waals surface area contributed by atoms with Gasteiger partial charge in [-0.1, -0.05) is 0 Å². The maximum Gasteiger partial charge on any atom is 0.418 e. The fourth-order valence-electron chi connectivity index (χ4n) is 6.19. The van der Waals surface area contributed by atoms with Crippen molar-refractivity contribution in [1.29, 1.82) is 0 Å². The highest BCUT2D eigenvalue weighted by atomic mass is 19.4. The number of anilines is 1. The molecular formula is C24H28F3N5O2. The first-order chi connectivity index (χ1) is 16.4. The zero-order valence-electron chi connectivity index (χ0n) is 18.8. The molecule has 4 atom stereocenters. The van der Waals surface area contributed by atoms with Crippen LogP contribution >= 0.6 is 0 Å². The molecule has 2 bridgehead atoms. The Bertz CT molecular complexity index is 1090. The Hall–Kier alpha value is -2.46. The van der Waals surface area contributed by atoms with Crippen molar-refractivity contribution in [3.63, 3.8) is 0 Å². The van der Waals surface area contributed by atoms with Crippen LogP contribution in [-0.4, -0.2) is 61.3 Å². The Labute approximate surface area is 195 Å². The van der Waals surface area contributed by atoms with Crippen LogP contribution in [0.5, 0.6) is 0 Å². The number of aromatic nitrogens is 2. The van der Waals surface area contributed by atoms with Gasteiger partial charge in [0.1, 0.15) is 11.0 Å². The molecule has 3 saturated heterocycles. The van der Waals surface area contributed by atoms with Gasteiger partial charge >= 0.3 is 6.18 Å². The predicted molar refractivity (Wildman–Crippen MR) is 119 cm³/mol. The van der Waals surface area contributed by atoms with Gasteiger partial charge in [-0.3, -0.25) is 14.8 Å². The van der Waals surface area contributed by atoms with Crippen LogP contribution < -0.4 is 15.5 Å². The monoisotopic (exact) mass is 475 g/mol. The summed E-state index contributed by atoms with van der Waals surface area (Å²) >= 11 is 0. The van der Waals surface area contributed by atoms with Crippen LogP contribution in [0.1, 0.15) is 24.8 Å². The van der Waals surface area contributed by atoms with Crippen LogP contribution in [0.25, 0.3) is 11.0 Å². The van der Waals surface area contributed by atoms with E-state index in [2.05, 4.69) is 20.6 Å². The van der Waals surface area contributed by atoms with Crippen molar-refractivity contribution in [2.75, 3.05) is 44.3 Å². The van der Waals surface area contributed by atoms with Gasteiger partial charge in [0.05, 0.1) is 30.4 Å². The summed E-state index contributed by atoms with van der Waals surface area (Å²) in [6.07, 6.45) is 1.07. The molecule has 1 aromatic carbocycles. The molecule has 10 heteroatoms. The number of ether oxygens (including phenoxy) is 1. The molecule has 2 N–H and O–H groups in total. The third kappa shape index (κ3) is 3.71. The molecular weight excluding hydrogens is 447 g/mol. The number of hydrogen-bond acceptors (Lipinski definition) is 6. The van der Waals surface area contributed by atoms with Crippen molar-refractivity contribution in [3.8, 4) is 0 Å². The summed E-state index contributed by atoms with van der Waals surface area (Å²) in [4.78, 5) is 23.9. The quantitative estimate of drug-likeness (QED) is 0.711. The van der Waals surface area contributed by atoms with E-state index in [1.807, 2.05) is 4.90 Å². The zero-order chi connectivity index (χ0) is 23.5. The maximum atomic E-state index is 13.6. The lowest BCUT2D eigenvalue weighted by molar-refractivity contribution is -0.136. The van der Waals surface area contributed by atoms with Gasteiger partial charge in [-0.25, -0.2) is 0 Å². The van der Waals surface area contributed by atoms with Gasteiger partial charge in [0, 0.05) is 55.3 Å². The smallest absolute Gasteiger partial charge is 0.381 e. The van der Waals surface area contributed by atoms with Crippen LogP contribution in [0.3, 0.4) is 0 Å². The molecule has 1 amide bonds. The Kier molecular flexibility index (Phi) is 5.22. The summed E-state index contributed by atoms with van der Waals surface area (Å²) in [5, 5.41) is 6.82. The van der Waals surface area contributed by atoms with Crippen LogP contribution in [0.15, 0.2) is 24.5 Å². The first-order valence-electron chi connectivity index (χ1n) is 12.0. The van der Waals surface area contributed by atoms with Crippen molar-refractivity contribution < 1.29 is 22.7 Å². The van der Waals surface area contributed by atoms with Crippen LogP contribution in [0.4, 0.5) is 18.9 Å². The highest BCUT2D eigenvalue weighted by Gasteiger charge is 2.58. The normalized spacial score (nSPS) is 30.4. The molecule has 0 radical (unpaired) electrons. The molecule has 4 unspecified atom stereocenters. The van der Waals surface area contributed by atoms with E-state index < -0.39 is 11.7 Å². The largest absolute Gasteiger partial charge is 0.418 e. The molecule has 1 aromatic heterocycles. The molecule has 3 aliphatic heterocycles. The summed E-state index contributed by atoms with van der Waals surface area (Å²) < 4.78 is 46.4. The fourth-order valence-corrected chi connectivity index (χ4v) is 6.19. The first kappa shape index (κ1) is 22.0. The van der Waals surface area contributed by atoms with E-state index in [9.17, 15) is 18.0 Å². The number of alkyl halides is 3. The van der Waals surface area contributed by atoms with E-state index in [-0.39, 0.29) is 40.2 Å². The summed E-state index contributed by atoms with van der Waals surface area (Å²) in [5.41, 5.74) is -0.207. The third-order valence-electron chi connectivity index (χ3n) is 8.19. The second kappa shape index (κ2) is 8.05. The van der Waals surface area contributed by atoms with Crippen molar-refractivity contribution >= 4 is 22.6 Å². The molecule has 1 spiro atoms. The number of nitrogens with zero attached hydrogens (tertiary/aromatic N) is 3. The third-order valence-corrected chi connectivity index (χ3v) is 8.19. The van der Waals surface area contributed by atoms with Gasteiger partial charge in [0.15, 0.2) is 0 Å². The van der Waals surface area contributed by atoms with Crippen molar-refractivity contribution in [1.82, 2.24) is 20.6 Å². The molecule has 182 valence electrons. The molecule has 7 nitrogen and oxygen atoms in total. The minimum absolute atomic E-state index is 0.0612. The number of hydrogen-bond donors (Lipinski definition) is 2. The summed E-state index contributed by atoms with van der Waals surface area (Å²) in [7, 11) is 0. The minimum atomic E-state index is -4.51. The number of rotatable bonds is 3. The van der Waals surface area contributed by atoms with Gasteiger partial charge in [0.25, 0.3) is 0 Å². The van der Waals surface area contributed by atoms with E-state index in [0.717, 1.165) is 38.4 Å². The highest BCUT2D eigenvalue weighted by molar-refractivity contribution is 5.92. The molecule has 1 saturated carbocycles. The lowest BCUT2D eigenvalue weighted by Gasteiger charge is -2.37. The Morgan fingerprint density at radius 1 is 1.15 bits per heavy atom. The summed E-state index contributed by atoms with van der Waals surface area (Å²) in [6, 6.07) is 2.66. The summed E-state index contributed by atoms with van der Waals surface area (Å²) in [6.45, 7) is 4.19. The van der Waals surface area contributed by atoms with Gasteiger partial charge < -0.3 is 20.3 Å². The molecule has 2 aromatic rings. The lowest BCUT2D eigenvalue weighted by Crippen LogP contribution is -2.54. The van der Waals surface area contributed by atoms with Crippen molar-refractivity contribution in [2.45, 2.75) is 31.5 Å². The number of nitrogens with one attached hydrogen (secondary N) is 2. The second-order valence-electron chi connectivity index (χ2n) is 10.3. The SMILES string of the molecule is O=C(NC1C2CCNCC1COC2)C1CN(c2ccc(C(F)(F)F)c3nccnc23)CC12CC2. The zero-order valence-corrected chi connectivity index (χ0v) is 18.8. The van der Waals surface area contributed by atoms with E-state index in [1.165, 1.54) is 18.5 Å². The van der Waals surface area contributed by atoms with E-state index in [4.69, 9.17) is 4.74 Å². The number of fused-ring (bicyclic) bond motifs is 3. The maximum absolute atomic E-state index is 13.6. The second-order valence-corrected chi connectivity index (χ2v) is 10.3. The molecule has 4 fully saturated rings. The lowest BCUT2D eigenvalue weighted by atomic mass is 9.84.